The first kappa shape index (κ1) is 15.1. The summed E-state index contributed by atoms with van der Waals surface area (Å²) in [6.45, 7) is 6.90. The molecule has 0 bridgehead atoms. The van der Waals surface area contributed by atoms with Crippen LogP contribution in [0.4, 0.5) is 0 Å². The summed E-state index contributed by atoms with van der Waals surface area (Å²) >= 11 is 0. The fourth-order valence-electron chi connectivity index (χ4n) is 2.03. The quantitative estimate of drug-likeness (QED) is 0.826. The second-order valence-electron chi connectivity index (χ2n) is 5.51. The van der Waals surface area contributed by atoms with Crippen molar-refractivity contribution in [3.63, 3.8) is 0 Å². The summed E-state index contributed by atoms with van der Waals surface area (Å²) in [5.41, 5.74) is 3.82. The number of nitrogens with zero attached hydrogens (tertiary/aromatic N) is 2. The van der Waals surface area contributed by atoms with Crippen molar-refractivity contribution >= 4 is 0 Å². The fraction of sp³-hybridized carbons (Fsp3) is 0.333. The normalized spacial score (nSPS) is 10.4. The molecule has 0 fully saturated rings. The lowest BCUT2D eigenvalue weighted by Gasteiger charge is -2.10. The van der Waals surface area contributed by atoms with E-state index in [-0.39, 0.29) is 0 Å². The van der Waals surface area contributed by atoms with Crippen molar-refractivity contribution in [1.29, 1.82) is 5.26 Å². The van der Waals surface area contributed by atoms with Crippen LogP contribution in [-0.4, -0.2) is 11.6 Å². The van der Waals surface area contributed by atoms with Gasteiger partial charge in [-0.3, -0.25) is 4.98 Å². The fourth-order valence-corrected chi connectivity index (χ4v) is 2.03. The van der Waals surface area contributed by atoms with Crippen molar-refractivity contribution in [3.8, 4) is 23.1 Å². The number of ether oxygens (including phenoxy) is 1. The van der Waals surface area contributed by atoms with Gasteiger partial charge in [-0.05, 0) is 36.6 Å². The van der Waals surface area contributed by atoms with Gasteiger partial charge in [0, 0.05) is 11.3 Å². The molecule has 2 aromatic rings. The zero-order chi connectivity index (χ0) is 15.2. The Bertz CT molecular complexity index is 657. The van der Waals surface area contributed by atoms with Crippen molar-refractivity contribution in [2.45, 2.75) is 27.2 Å². The standard InChI is InChI=1S/C18H20N2O/c1-13(2)12-21-17-6-4-5-16(11-17)18-8-7-15(9-10-19)14(3)20-18/h4-8,11,13H,9,12H2,1-3H3. The van der Waals surface area contributed by atoms with Gasteiger partial charge in [-0.2, -0.15) is 5.26 Å². The predicted molar refractivity (Wildman–Crippen MR) is 84.1 cm³/mol. The maximum Gasteiger partial charge on any atom is 0.119 e. The SMILES string of the molecule is Cc1nc(-c2cccc(OCC(C)C)c2)ccc1CC#N. The molecule has 1 aromatic heterocycles. The van der Waals surface area contributed by atoms with Gasteiger partial charge in [0.1, 0.15) is 5.75 Å². The highest BCUT2D eigenvalue weighted by molar-refractivity contribution is 5.61. The minimum atomic E-state index is 0.399. The summed E-state index contributed by atoms with van der Waals surface area (Å²) in [5, 5.41) is 8.78. The Hall–Kier alpha value is -2.34. The molecule has 0 aliphatic rings. The largest absolute Gasteiger partial charge is 0.493 e. The molecule has 0 atom stereocenters. The van der Waals surface area contributed by atoms with Crippen LogP contribution in [0.3, 0.4) is 0 Å². The average molecular weight is 280 g/mol. The van der Waals surface area contributed by atoms with E-state index < -0.39 is 0 Å². The first-order valence-corrected chi connectivity index (χ1v) is 7.17. The van der Waals surface area contributed by atoms with Gasteiger partial charge >= 0.3 is 0 Å². The Labute approximate surface area is 126 Å². The summed E-state index contributed by atoms with van der Waals surface area (Å²) in [5.74, 6) is 1.36. The Morgan fingerprint density at radius 3 is 2.71 bits per heavy atom. The van der Waals surface area contributed by atoms with E-state index in [0.717, 1.165) is 28.3 Å². The second kappa shape index (κ2) is 6.90. The van der Waals surface area contributed by atoms with Gasteiger partial charge in [0.15, 0.2) is 0 Å². The van der Waals surface area contributed by atoms with Gasteiger partial charge in [-0.15, -0.1) is 0 Å². The molecule has 0 aliphatic carbocycles. The third-order valence-corrected chi connectivity index (χ3v) is 3.18. The zero-order valence-corrected chi connectivity index (χ0v) is 12.8. The highest BCUT2D eigenvalue weighted by Gasteiger charge is 2.05. The van der Waals surface area contributed by atoms with Crippen molar-refractivity contribution < 1.29 is 4.74 Å². The number of pyridine rings is 1. The van der Waals surface area contributed by atoms with Crippen LogP contribution >= 0.6 is 0 Å². The molecule has 108 valence electrons. The summed E-state index contributed by atoms with van der Waals surface area (Å²) < 4.78 is 5.75. The highest BCUT2D eigenvalue weighted by Crippen LogP contribution is 2.24. The van der Waals surface area contributed by atoms with Crippen molar-refractivity contribution in [3.05, 3.63) is 47.7 Å². The molecule has 1 aromatic carbocycles. The van der Waals surface area contributed by atoms with Gasteiger partial charge < -0.3 is 4.74 Å². The smallest absolute Gasteiger partial charge is 0.119 e. The zero-order valence-electron chi connectivity index (χ0n) is 12.8. The summed E-state index contributed by atoms with van der Waals surface area (Å²) in [6.07, 6.45) is 0.399. The summed E-state index contributed by atoms with van der Waals surface area (Å²) in [6, 6.07) is 14.1. The van der Waals surface area contributed by atoms with Crippen LogP contribution in [0.25, 0.3) is 11.3 Å². The Morgan fingerprint density at radius 2 is 2.05 bits per heavy atom. The number of aryl methyl sites for hydroxylation is 1. The van der Waals surface area contributed by atoms with Crippen LogP contribution in [0, 0.1) is 24.2 Å². The molecule has 0 saturated carbocycles. The average Bonchev–Trinajstić information content (AvgIpc) is 2.48. The predicted octanol–water partition coefficient (Wildman–Crippen LogP) is 4.16. The van der Waals surface area contributed by atoms with Crippen molar-refractivity contribution in [2.24, 2.45) is 5.92 Å². The molecular formula is C18H20N2O. The van der Waals surface area contributed by atoms with Gasteiger partial charge in [0.05, 0.1) is 24.8 Å². The lowest BCUT2D eigenvalue weighted by molar-refractivity contribution is 0.271. The molecule has 1 heterocycles. The van der Waals surface area contributed by atoms with Crippen LogP contribution in [0.2, 0.25) is 0 Å². The topological polar surface area (TPSA) is 45.9 Å². The van der Waals surface area contributed by atoms with Crippen LogP contribution in [0.15, 0.2) is 36.4 Å². The van der Waals surface area contributed by atoms with Crippen LogP contribution in [0.1, 0.15) is 25.1 Å². The van der Waals surface area contributed by atoms with E-state index in [1.165, 1.54) is 0 Å². The molecule has 3 heteroatoms. The molecule has 0 radical (unpaired) electrons. The molecule has 2 rings (SSSR count). The van der Waals surface area contributed by atoms with Crippen molar-refractivity contribution in [1.82, 2.24) is 4.98 Å². The van der Waals surface area contributed by atoms with E-state index in [1.807, 2.05) is 43.3 Å². The number of aromatic nitrogens is 1. The highest BCUT2D eigenvalue weighted by atomic mass is 16.5. The number of rotatable bonds is 5. The third-order valence-electron chi connectivity index (χ3n) is 3.18. The molecule has 0 unspecified atom stereocenters. The first-order chi connectivity index (χ1) is 10.1. The maximum atomic E-state index is 8.78. The first-order valence-electron chi connectivity index (χ1n) is 7.17. The Kier molecular flexibility index (Phi) is 4.94. The minimum absolute atomic E-state index is 0.399. The number of hydrogen-bond donors (Lipinski definition) is 0. The van der Waals surface area contributed by atoms with Gasteiger partial charge in [-0.25, -0.2) is 0 Å². The van der Waals surface area contributed by atoms with E-state index >= 15 is 0 Å². The second-order valence-corrected chi connectivity index (χ2v) is 5.51. The van der Waals surface area contributed by atoms with E-state index in [0.29, 0.717) is 18.9 Å². The number of benzene rings is 1. The Morgan fingerprint density at radius 1 is 1.24 bits per heavy atom. The lowest BCUT2D eigenvalue weighted by atomic mass is 10.1. The Balaban J connectivity index is 2.24. The number of hydrogen-bond acceptors (Lipinski definition) is 3. The molecule has 0 amide bonds. The van der Waals surface area contributed by atoms with Crippen molar-refractivity contribution in [2.75, 3.05) is 6.61 Å². The molecule has 0 aliphatic heterocycles. The lowest BCUT2D eigenvalue weighted by Crippen LogP contribution is -2.04. The van der Waals surface area contributed by atoms with Gasteiger partial charge in [-0.1, -0.05) is 32.0 Å². The van der Waals surface area contributed by atoms with Crippen LogP contribution in [0.5, 0.6) is 5.75 Å². The van der Waals surface area contributed by atoms with Crippen LogP contribution < -0.4 is 4.74 Å². The molecular weight excluding hydrogens is 260 g/mol. The molecule has 0 spiro atoms. The van der Waals surface area contributed by atoms with E-state index in [4.69, 9.17) is 10.00 Å². The molecule has 0 saturated heterocycles. The molecule has 21 heavy (non-hydrogen) atoms. The monoisotopic (exact) mass is 280 g/mol. The maximum absolute atomic E-state index is 8.78. The van der Waals surface area contributed by atoms with Crippen LogP contribution in [-0.2, 0) is 6.42 Å². The summed E-state index contributed by atoms with van der Waals surface area (Å²) in [4.78, 5) is 4.59. The van der Waals surface area contributed by atoms with E-state index in [1.54, 1.807) is 0 Å². The summed E-state index contributed by atoms with van der Waals surface area (Å²) in [7, 11) is 0. The molecule has 0 N–H and O–H groups in total. The third kappa shape index (κ3) is 4.06. The van der Waals surface area contributed by atoms with E-state index in [9.17, 15) is 0 Å². The van der Waals surface area contributed by atoms with E-state index in [2.05, 4.69) is 24.9 Å². The number of nitriles is 1. The van der Waals surface area contributed by atoms with Gasteiger partial charge in [0.2, 0.25) is 0 Å². The molecule has 3 nitrogen and oxygen atoms in total. The minimum Gasteiger partial charge on any atom is -0.493 e. The van der Waals surface area contributed by atoms with Gasteiger partial charge in [0.25, 0.3) is 0 Å².